The average molecular weight is 277 g/mol. The Labute approximate surface area is 114 Å². The van der Waals surface area contributed by atoms with Gasteiger partial charge in [0.05, 0.1) is 0 Å². The van der Waals surface area contributed by atoms with E-state index in [4.69, 9.17) is 10.5 Å². The molecule has 5 heteroatoms. The quantitative estimate of drug-likeness (QED) is 0.841. The minimum atomic E-state index is -0.718. The molecule has 0 saturated carbocycles. The summed E-state index contributed by atoms with van der Waals surface area (Å²) in [6.45, 7) is 0. The van der Waals surface area contributed by atoms with E-state index in [0.29, 0.717) is 17.7 Å². The number of halogens is 2. The van der Waals surface area contributed by atoms with Gasteiger partial charge in [0.1, 0.15) is 17.7 Å². The van der Waals surface area contributed by atoms with Gasteiger partial charge < -0.3 is 15.6 Å². The van der Waals surface area contributed by atoms with E-state index in [1.54, 1.807) is 12.1 Å². The molecule has 2 aromatic carbocycles. The molecule has 3 nitrogen and oxygen atoms in total. The molecule has 104 valence electrons. The van der Waals surface area contributed by atoms with Crippen molar-refractivity contribution in [3.63, 3.8) is 0 Å². The van der Waals surface area contributed by atoms with Crippen LogP contribution in [0.15, 0.2) is 36.4 Å². The Balaban J connectivity index is 1.96. The number of benzene rings is 2. The number of nitrogens with two attached hydrogens (primary N) is 1. The fourth-order valence-electron chi connectivity index (χ4n) is 2.40. The molecule has 0 bridgehead atoms. The molecule has 2 aromatic rings. The molecule has 0 aliphatic carbocycles. The maximum absolute atomic E-state index is 13.4. The van der Waals surface area contributed by atoms with Gasteiger partial charge in [0.2, 0.25) is 0 Å². The van der Waals surface area contributed by atoms with E-state index in [2.05, 4.69) is 0 Å². The highest BCUT2D eigenvalue weighted by atomic mass is 19.1. The van der Waals surface area contributed by atoms with Gasteiger partial charge in [-0.1, -0.05) is 12.1 Å². The van der Waals surface area contributed by atoms with Gasteiger partial charge in [-0.3, -0.25) is 0 Å². The summed E-state index contributed by atoms with van der Waals surface area (Å²) in [5.74, 6) is -1.17. The molecule has 1 heterocycles. The first kappa shape index (κ1) is 12.9. The lowest BCUT2D eigenvalue weighted by molar-refractivity contribution is 0.160. The number of phenols is 1. The minimum Gasteiger partial charge on any atom is -0.505 e. The van der Waals surface area contributed by atoms with Crippen molar-refractivity contribution in [2.45, 2.75) is 18.6 Å². The number of aromatic hydroxyl groups is 1. The Hall–Kier alpha value is -2.14. The van der Waals surface area contributed by atoms with Crippen LogP contribution in [-0.2, 0) is 0 Å². The molecule has 1 aliphatic heterocycles. The Morgan fingerprint density at radius 1 is 1.15 bits per heavy atom. The highest BCUT2D eigenvalue weighted by molar-refractivity contribution is 5.40. The summed E-state index contributed by atoms with van der Waals surface area (Å²) in [6, 6.07) is 7.95. The maximum atomic E-state index is 13.4. The number of ether oxygens (including phenoxy) is 1. The summed E-state index contributed by atoms with van der Waals surface area (Å²) in [7, 11) is 0. The summed E-state index contributed by atoms with van der Waals surface area (Å²) in [4.78, 5) is 0. The zero-order valence-electron chi connectivity index (χ0n) is 10.5. The molecule has 3 N–H and O–H groups in total. The normalized spacial score (nSPS) is 21.1. The Morgan fingerprint density at radius 2 is 1.95 bits per heavy atom. The van der Waals surface area contributed by atoms with Crippen molar-refractivity contribution in [3.05, 3.63) is 59.2 Å². The molecular formula is C15H13F2NO2. The van der Waals surface area contributed by atoms with Gasteiger partial charge in [-0.2, -0.15) is 0 Å². The third-order valence-corrected chi connectivity index (χ3v) is 3.46. The molecule has 20 heavy (non-hydrogen) atoms. The van der Waals surface area contributed by atoms with Crippen molar-refractivity contribution >= 4 is 0 Å². The fraction of sp³-hybridized carbons (Fsp3) is 0.200. The van der Waals surface area contributed by atoms with Crippen molar-refractivity contribution in [3.8, 4) is 11.5 Å². The smallest absolute Gasteiger partial charge is 0.165 e. The van der Waals surface area contributed by atoms with Gasteiger partial charge in [-0.25, -0.2) is 8.78 Å². The Morgan fingerprint density at radius 3 is 2.70 bits per heavy atom. The second-order valence-electron chi connectivity index (χ2n) is 4.84. The Kier molecular flexibility index (Phi) is 3.06. The lowest BCUT2D eigenvalue weighted by atomic mass is 9.93. The highest BCUT2D eigenvalue weighted by Crippen LogP contribution is 2.40. The van der Waals surface area contributed by atoms with E-state index < -0.39 is 23.5 Å². The highest BCUT2D eigenvalue weighted by Gasteiger charge is 2.27. The van der Waals surface area contributed by atoms with Gasteiger partial charge in [0.15, 0.2) is 11.6 Å². The molecule has 0 saturated heterocycles. The van der Waals surface area contributed by atoms with Gasteiger partial charge in [-0.05, 0) is 23.8 Å². The van der Waals surface area contributed by atoms with Crippen LogP contribution >= 0.6 is 0 Å². The lowest BCUT2D eigenvalue weighted by Crippen LogP contribution is -2.24. The topological polar surface area (TPSA) is 55.5 Å². The standard InChI is InChI=1S/C15H13F2NO2/c16-9-2-3-10-12(18)7-14(20-15(10)6-9)8-1-4-13(19)11(17)5-8/h1-6,12,14,19H,7,18H2/t12-,14?/m0/s1. The maximum Gasteiger partial charge on any atom is 0.165 e. The van der Waals surface area contributed by atoms with Crippen LogP contribution in [-0.4, -0.2) is 5.11 Å². The molecule has 0 radical (unpaired) electrons. The number of rotatable bonds is 1. The van der Waals surface area contributed by atoms with Crippen LogP contribution < -0.4 is 10.5 Å². The second kappa shape index (κ2) is 4.76. The first-order chi connectivity index (χ1) is 9.54. The van der Waals surface area contributed by atoms with Crippen LogP contribution in [0.2, 0.25) is 0 Å². The van der Waals surface area contributed by atoms with Crippen LogP contribution in [0.1, 0.15) is 29.7 Å². The molecule has 0 spiro atoms. The van der Waals surface area contributed by atoms with E-state index in [-0.39, 0.29) is 6.04 Å². The van der Waals surface area contributed by atoms with Crippen molar-refractivity contribution in [2.75, 3.05) is 0 Å². The number of phenolic OH excluding ortho intramolecular Hbond substituents is 1. The third-order valence-electron chi connectivity index (χ3n) is 3.46. The van der Waals surface area contributed by atoms with Crippen LogP contribution in [0, 0.1) is 11.6 Å². The van der Waals surface area contributed by atoms with E-state index in [1.807, 2.05) is 0 Å². The first-order valence-corrected chi connectivity index (χ1v) is 6.24. The summed E-state index contributed by atoms with van der Waals surface area (Å²) in [5.41, 5.74) is 7.35. The van der Waals surface area contributed by atoms with Gasteiger partial charge in [0, 0.05) is 24.1 Å². The Bertz CT molecular complexity index is 660. The summed E-state index contributed by atoms with van der Waals surface area (Å²) >= 11 is 0. The van der Waals surface area contributed by atoms with E-state index in [1.165, 1.54) is 24.3 Å². The number of fused-ring (bicyclic) bond motifs is 1. The largest absolute Gasteiger partial charge is 0.505 e. The molecule has 1 aliphatic rings. The van der Waals surface area contributed by atoms with Gasteiger partial charge in [-0.15, -0.1) is 0 Å². The van der Waals surface area contributed by atoms with Gasteiger partial charge >= 0.3 is 0 Å². The monoisotopic (exact) mass is 277 g/mol. The molecule has 1 unspecified atom stereocenters. The number of hydrogen-bond donors (Lipinski definition) is 2. The summed E-state index contributed by atoms with van der Waals surface area (Å²) in [5, 5.41) is 9.20. The van der Waals surface area contributed by atoms with Crippen molar-refractivity contribution < 1.29 is 18.6 Å². The van der Waals surface area contributed by atoms with Crippen LogP contribution in [0.5, 0.6) is 11.5 Å². The summed E-state index contributed by atoms with van der Waals surface area (Å²) < 4.78 is 32.3. The third kappa shape index (κ3) is 2.20. The van der Waals surface area contributed by atoms with E-state index in [9.17, 15) is 13.9 Å². The van der Waals surface area contributed by atoms with E-state index >= 15 is 0 Å². The lowest BCUT2D eigenvalue weighted by Gasteiger charge is -2.30. The summed E-state index contributed by atoms with van der Waals surface area (Å²) in [6.07, 6.45) is -0.00236. The molecule has 3 rings (SSSR count). The molecular weight excluding hydrogens is 264 g/mol. The van der Waals surface area contributed by atoms with Crippen molar-refractivity contribution in [1.82, 2.24) is 0 Å². The molecule has 0 amide bonds. The first-order valence-electron chi connectivity index (χ1n) is 6.24. The fourth-order valence-corrected chi connectivity index (χ4v) is 2.40. The zero-order valence-corrected chi connectivity index (χ0v) is 10.5. The van der Waals surface area contributed by atoms with Crippen LogP contribution in [0.3, 0.4) is 0 Å². The van der Waals surface area contributed by atoms with Crippen molar-refractivity contribution in [1.29, 1.82) is 0 Å². The number of hydrogen-bond acceptors (Lipinski definition) is 3. The SMILES string of the molecule is N[C@H]1CC(c2ccc(O)c(F)c2)Oc2cc(F)ccc21. The van der Waals surface area contributed by atoms with Crippen LogP contribution in [0.25, 0.3) is 0 Å². The second-order valence-corrected chi connectivity index (χ2v) is 4.84. The van der Waals surface area contributed by atoms with E-state index in [0.717, 1.165) is 5.56 Å². The van der Waals surface area contributed by atoms with Crippen molar-refractivity contribution in [2.24, 2.45) is 5.73 Å². The predicted octanol–water partition coefficient (Wildman–Crippen LogP) is 3.19. The predicted molar refractivity (Wildman–Crippen MR) is 69.4 cm³/mol. The minimum absolute atomic E-state index is 0.304. The zero-order chi connectivity index (χ0) is 14.3. The molecule has 0 fully saturated rings. The van der Waals surface area contributed by atoms with Gasteiger partial charge in [0.25, 0.3) is 0 Å². The molecule has 0 aromatic heterocycles. The van der Waals surface area contributed by atoms with Crippen LogP contribution in [0.4, 0.5) is 8.78 Å². The molecule has 2 atom stereocenters. The average Bonchev–Trinajstić information content (AvgIpc) is 2.41.